The van der Waals surface area contributed by atoms with Crippen LogP contribution in [0, 0.1) is 0 Å². The lowest BCUT2D eigenvalue weighted by molar-refractivity contribution is -0.0498. The molecule has 10 heteroatoms. The summed E-state index contributed by atoms with van der Waals surface area (Å²) in [6.07, 6.45) is 3.48. The monoisotopic (exact) mass is 395 g/mol. The van der Waals surface area contributed by atoms with E-state index in [0.29, 0.717) is 19.5 Å². The number of hydrogen-bond donors (Lipinski definition) is 2. The third-order valence-electron chi connectivity index (χ3n) is 4.47. The molecule has 0 unspecified atom stereocenters. The zero-order valence-corrected chi connectivity index (χ0v) is 15.4. The van der Waals surface area contributed by atoms with Crippen LogP contribution in [-0.2, 0) is 26.1 Å². The summed E-state index contributed by atoms with van der Waals surface area (Å²) in [5.74, 6) is 0.909. The summed E-state index contributed by atoms with van der Waals surface area (Å²) >= 11 is 0. The lowest BCUT2D eigenvalue weighted by atomic mass is 10.2. The number of benzene rings is 1. The van der Waals surface area contributed by atoms with Crippen molar-refractivity contribution in [3.63, 3.8) is 0 Å². The van der Waals surface area contributed by atoms with E-state index in [1.807, 2.05) is 0 Å². The normalized spacial score (nSPS) is 13.2. The average Bonchev–Trinajstić information content (AvgIpc) is 3.00. The van der Waals surface area contributed by atoms with Crippen LogP contribution in [0.4, 0.5) is 13.6 Å². The maximum Gasteiger partial charge on any atom is 0.387 e. The summed E-state index contributed by atoms with van der Waals surface area (Å²) in [5, 5.41) is 9.75. The molecule has 0 saturated heterocycles. The number of nitrogens with zero attached hydrogens (tertiary/aromatic N) is 3. The Balaban J connectivity index is 1.36. The van der Waals surface area contributed by atoms with Gasteiger partial charge in [-0.1, -0.05) is 12.1 Å². The molecule has 28 heavy (non-hydrogen) atoms. The van der Waals surface area contributed by atoms with Crippen LogP contribution >= 0.6 is 0 Å². The van der Waals surface area contributed by atoms with Crippen molar-refractivity contribution in [3.05, 3.63) is 46.1 Å². The van der Waals surface area contributed by atoms with Crippen LogP contribution in [-0.4, -0.2) is 33.5 Å². The number of carbonyl (C=O) groups is 1. The zero-order chi connectivity index (χ0) is 19.9. The number of aryl methyl sites for hydroxylation is 2. The fourth-order valence-corrected chi connectivity index (χ4v) is 3.06. The maximum absolute atomic E-state index is 12.2. The van der Waals surface area contributed by atoms with E-state index in [0.717, 1.165) is 37.2 Å². The topological polar surface area (TPSA) is 90.2 Å². The Morgan fingerprint density at radius 2 is 2.00 bits per heavy atom. The van der Waals surface area contributed by atoms with Crippen molar-refractivity contribution >= 4 is 6.03 Å². The second-order valence-electron chi connectivity index (χ2n) is 6.52. The van der Waals surface area contributed by atoms with Gasteiger partial charge in [-0.3, -0.25) is 4.57 Å². The van der Waals surface area contributed by atoms with Gasteiger partial charge in [-0.25, -0.2) is 14.3 Å². The quantitative estimate of drug-likeness (QED) is 0.668. The van der Waals surface area contributed by atoms with Gasteiger partial charge in [-0.2, -0.15) is 13.9 Å². The molecule has 0 radical (unpaired) electrons. The Bertz CT molecular complexity index is 848. The number of ether oxygens (including phenoxy) is 1. The van der Waals surface area contributed by atoms with Crippen LogP contribution in [0.5, 0.6) is 5.75 Å². The molecule has 0 saturated carbocycles. The molecule has 2 aromatic rings. The van der Waals surface area contributed by atoms with E-state index < -0.39 is 6.61 Å². The van der Waals surface area contributed by atoms with Crippen molar-refractivity contribution in [1.29, 1.82) is 0 Å². The molecule has 0 spiro atoms. The summed E-state index contributed by atoms with van der Waals surface area (Å²) in [6.45, 7) is -1.03. The number of rotatable bonds is 8. The van der Waals surface area contributed by atoms with Crippen LogP contribution in [0.1, 0.15) is 30.7 Å². The van der Waals surface area contributed by atoms with Gasteiger partial charge >= 0.3 is 18.3 Å². The van der Waals surface area contributed by atoms with Crippen molar-refractivity contribution in [1.82, 2.24) is 25.0 Å². The Labute approximate surface area is 160 Å². The van der Waals surface area contributed by atoms with Crippen molar-refractivity contribution < 1.29 is 18.3 Å². The smallest absolute Gasteiger partial charge is 0.387 e. The number of urea groups is 1. The molecular formula is C18H23F2N5O3. The van der Waals surface area contributed by atoms with Crippen LogP contribution in [0.3, 0.4) is 0 Å². The van der Waals surface area contributed by atoms with Gasteiger partial charge in [0.2, 0.25) is 0 Å². The molecule has 1 aromatic heterocycles. The third kappa shape index (κ3) is 5.30. The first-order valence-corrected chi connectivity index (χ1v) is 9.25. The molecule has 1 aliphatic rings. The summed E-state index contributed by atoms with van der Waals surface area (Å²) in [6, 6.07) is 5.70. The van der Waals surface area contributed by atoms with Gasteiger partial charge in [-0.05, 0) is 37.0 Å². The van der Waals surface area contributed by atoms with Gasteiger partial charge in [-0.15, -0.1) is 0 Å². The Morgan fingerprint density at radius 1 is 1.21 bits per heavy atom. The highest BCUT2D eigenvalue weighted by atomic mass is 19.3. The largest absolute Gasteiger partial charge is 0.435 e. The SMILES string of the molecule is O=C(NCCCn1nc2n(c1=O)CCCC2)NCc1ccc(OC(F)F)cc1. The fourth-order valence-electron chi connectivity index (χ4n) is 3.06. The van der Waals surface area contributed by atoms with Crippen molar-refractivity contribution in [2.45, 2.75) is 51.9 Å². The Hall–Kier alpha value is -2.91. The van der Waals surface area contributed by atoms with Crippen molar-refractivity contribution in [2.24, 2.45) is 0 Å². The van der Waals surface area contributed by atoms with Crippen LogP contribution in [0.2, 0.25) is 0 Å². The van der Waals surface area contributed by atoms with E-state index in [2.05, 4.69) is 20.5 Å². The molecule has 0 bridgehead atoms. The molecule has 1 aromatic carbocycles. The number of carbonyl (C=O) groups excluding carboxylic acids is 1. The molecule has 2 amide bonds. The first kappa shape index (κ1) is 19.8. The number of alkyl halides is 2. The molecule has 8 nitrogen and oxygen atoms in total. The van der Waals surface area contributed by atoms with Gasteiger partial charge in [0.15, 0.2) is 0 Å². The summed E-state index contributed by atoms with van der Waals surface area (Å²) in [4.78, 5) is 24.0. The predicted molar refractivity (Wildman–Crippen MR) is 97.4 cm³/mol. The number of aromatic nitrogens is 3. The highest BCUT2D eigenvalue weighted by Gasteiger charge is 2.16. The van der Waals surface area contributed by atoms with Gasteiger partial charge in [0.05, 0.1) is 0 Å². The molecule has 1 aliphatic heterocycles. The minimum atomic E-state index is -2.86. The second-order valence-corrected chi connectivity index (χ2v) is 6.52. The molecule has 0 atom stereocenters. The van der Waals surface area contributed by atoms with E-state index in [4.69, 9.17) is 0 Å². The van der Waals surface area contributed by atoms with E-state index in [1.54, 1.807) is 16.7 Å². The predicted octanol–water partition coefficient (Wildman–Crippen LogP) is 1.87. The number of halogens is 2. The Kier molecular flexibility index (Phi) is 6.62. The van der Waals surface area contributed by atoms with E-state index in [-0.39, 0.29) is 24.0 Å². The van der Waals surface area contributed by atoms with Gasteiger partial charge in [0, 0.05) is 32.6 Å². The number of nitrogens with one attached hydrogen (secondary N) is 2. The molecule has 0 aliphatic carbocycles. The Morgan fingerprint density at radius 3 is 2.71 bits per heavy atom. The minimum absolute atomic E-state index is 0.0689. The number of amides is 2. The van der Waals surface area contributed by atoms with Gasteiger partial charge in [0.25, 0.3) is 0 Å². The van der Waals surface area contributed by atoms with Crippen LogP contribution in [0.15, 0.2) is 29.1 Å². The third-order valence-corrected chi connectivity index (χ3v) is 4.47. The van der Waals surface area contributed by atoms with Crippen LogP contribution in [0.25, 0.3) is 0 Å². The van der Waals surface area contributed by atoms with E-state index >= 15 is 0 Å². The average molecular weight is 395 g/mol. The van der Waals surface area contributed by atoms with E-state index in [1.165, 1.54) is 16.8 Å². The summed E-state index contributed by atoms with van der Waals surface area (Å²) in [5.41, 5.74) is 0.672. The summed E-state index contributed by atoms with van der Waals surface area (Å²) < 4.78 is 31.7. The standard InChI is InChI=1S/C18H23F2N5O3/c19-16(20)28-14-7-5-13(6-8-14)12-22-17(26)21-9-3-11-25-18(27)24-10-2-1-4-15(24)23-25/h5-8,16H,1-4,9-12H2,(H2,21,22,26). The highest BCUT2D eigenvalue weighted by Crippen LogP contribution is 2.14. The minimum Gasteiger partial charge on any atom is -0.435 e. The van der Waals surface area contributed by atoms with Gasteiger partial charge < -0.3 is 15.4 Å². The molecule has 0 fully saturated rings. The molecule has 3 rings (SSSR count). The number of hydrogen-bond acceptors (Lipinski definition) is 4. The zero-order valence-electron chi connectivity index (χ0n) is 15.4. The highest BCUT2D eigenvalue weighted by molar-refractivity contribution is 5.73. The first-order chi connectivity index (χ1) is 13.5. The molecule has 2 heterocycles. The molecular weight excluding hydrogens is 372 g/mol. The number of fused-ring (bicyclic) bond motifs is 1. The molecule has 152 valence electrons. The lowest BCUT2D eigenvalue weighted by Gasteiger charge is -2.09. The van der Waals surface area contributed by atoms with Crippen LogP contribution < -0.4 is 21.1 Å². The van der Waals surface area contributed by atoms with Crippen molar-refractivity contribution in [3.8, 4) is 5.75 Å². The lowest BCUT2D eigenvalue weighted by Crippen LogP contribution is -2.36. The fraction of sp³-hybridized carbons (Fsp3) is 0.500. The van der Waals surface area contributed by atoms with Gasteiger partial charge in [0.1, 0.15) is 11.6 Å². The first-order valence-electron chi connectivity index (χ1n) is 9.25. The van der Waals surface area contributed by atoms with E-state index in [9.17, 15) is 18.4 Å². The molecule has 2 N–H and O–H groups in total. The van der Waals surface area contributed by atoms with Crippen molar-refractivity contribution in [2.75, 3.05) is 6.54 Å². The maximum atomic E-state index is 12.2. The summed E-state index contributed by atoms with van der Waals surface area (Å²) in [7, 11) is 0. The second kappa shape index (κ2) is 9.34.